The highest BCUT2D eigenvalue weighted by molar-refractivity contribution is 8.26. The normalized spacial score (nSPS) is 22.1. The molecule has 0 saturated carbocycles. The highest BCUT2D eigenvalue weighted by Crippen LogP contribution is 2.35. The molecule has 1 aromatic carbocycles. The standard InChI is InChI=1S/C20H22N2O5S2/c1-12(17(23)21-10-4-3-5-15(21)19(25)26)22-18(24)16(29-20(22)28)11-13-6-8-14(27-2)9-7-13/h6-9,11-12,15H,3-5,10H2,1-2H3,(H,25,26). The Morgan fingerprint density at radius 1 is 1.31 bits per heavy atom. The van der Waals surface area contributed by atoms with E-state index in [0.717, 1.165) is 30.2 Å². The first-order chi connectivity index (χ1) is 13.8. The lowest BCUT2D eigenvalue weighted by Crippen LogP contribution is -2.55. The van der Waals surface area contributed by atoms with E-state index in [9.17, 15) is 19.5 Å². The van der Waals surface area contributed by atoms with E-state index in [0.29, 0.717) is 27.9 Å². The van der Waals surface area contributed by atoms with Gasteiger partial charge in [0.2, 0.25) is 5.91 Å². The van der Waals surface area contributed by atoms with Gasteiger partial charge in [-0.25, -0.2) is 4.79 Å². The molecule has 0 spiro atoms. The van der Waals surface area contributed by atoms with Crippen molar-refractivity contribution in [3.05, 3.63) is 34.7 Å². The Balaban J connectivity index is 1.78. The van der Waals surface area contributed by atoms with Gasteiger partial charge in [-0.1, -0.05) is 36.1 Å². The van der Waals surface area contributed by atoms with Crippen LogP contribution in [0.5, 0.6) is 5.75 Å². The molecule has 2 aliphatic rings. The fourth-order valence-electron chi connectivity index (χ4n) is 3.47. The first-order valence-corrected chi connectivity index (χ1v) is 10.5. The van der Waals surface area contributed by atoms with Crippen LogP contribution in [0, 0.1) is 0 Å². The van der Waals surface area contributed by atoms with Gasteiger partial charge in [-0.2, -0.15) is 0 Å². The zero-order chi connectivity index (χ0) is 21.1. The van der Waals surface area contributed by atoms with Gasteiger partial charge in [-0.3, -0.25) is 14.5 Å². The van der Waals surface area contributed by atoms with Crippen LogP contribution in [0.25, 0.3) is 6.08 Å². The third kappa shape index (κ3) is 4.45. The number of aliphatic carboxylic acids is 1. The van der Waals surface area contributed by atoms with E-state index in [2.05, 4.69) is 0 Å². The smallest absolute Gasteiger partial charge is 0.326 e. The third-order valence-electron chi connectivity index (χ3n) is 5.05. The number of nitrogens with zero attached hydrogens (tertiary/aromatic N) is 2. The number of methoxy groups -OCH3 is 1. The second-order valence-electron chi connectivity index (χ2n) is 6.88. The molecule has 2 atom stereocenters. The first-order valence-electron chi connectivity index (χ1n) is 9.28. The van der Waals surface area contributed by atoms with Gasteiger partial charge in [0.15, 0.2) is 0 Å². The van der Waals surface area contributed by atoms with Crippen LogP contribution in [0.2, 0.25) is 0 Å². The summed E-state index contributed by atoms with van der Waals surface area (Å²) in [6.45, 7) is 1.97. The molecule has 0 aliphatic carbocycles. The average molecular weight is 435 g/mol. The summed E-state index contributed by atoms with van der Waals surface area (Å²) in [5, 5.41) is 9.43. The van der Waals surface area contributed by atoms with Crippen molar-refractivity contribution in [1.29, 1.82) is 0 Å². The van der Waals surface area contributed by atoms with Gasteiger partial charge in [0.05, 0.1) is 12.0 Å². The van der Waals surface area contributed by atoms with Crippen LogP contribution in [0.1, 0.15) is 31.7 Å². The molecule has 2 heterocycles. The summed E-state index contributed by atoms with van der Waals surface area (Å²) in [4.78, 5) is 40.5. The topological polar surface area (TPSA) is 87.2 Å². The molecular formula is C20H22N2O5S2. The molecule has 1 aromatic rings. The summed E-state index contributed by atoms with van der Waals surface area (Å²) in [5.41, 5.74) is 0.812. The first kappa shape index (κ1) is 21.3. The molecule has 2 unspecified atom stereocenters. The van der Waals surface area contributed by atoms with Gasteiger partial charge in [0, 0.05) is 6.54 Å². The Morgan fingerprint density at radius 3 is 2.62 bits per heavy atom. The molecule has 7 nitrogen and oxygen atoms in total. The Morgan fingerprint density at radius 2 is 2.00 bits per heavy atom. The van der Waals surface area contributed by atoms with E-state index in [1.165, 1.54) is 9.80 Å². The summed E-state index contributed by atoms with van der Waals surface area (Å²) in [7, 11) is 1.58. The maximum atomic E-state index is 13.0. The summed E-state index contributed by atoms with van der Waals surface area (Å²) < 4.78 is 5.42. The largest absolute Gasteiger partial charge is 0.497 e. The number of carbonyl (C=O) groups excluding carboxylic acids is 2. The lowest BCUT2D eigenvalue weighted by Gasteiger charge is -2.36. The number of likely N-dealkylation sites (tertiary alicyclic amines) is 1. The maximum Gasteiger partial charge on any atom is 0.326 e. The number of thioether (sulfide) groups is 1. The molecule has 2 aliphatic heterocycles. The second kappa shape index (κ2) is 8.96. The van der Waals surface area contributed by atoms with Gasteiger partial charge in [-0.15, -0.1) is 0 Å². The molecule has 3 rings (SSSR count). The van der Waals surface area contributed by atoms with Crippen LogP contribution in [0.3, 0.4) is 0 Å². The predicted molar refractivity (Wildman–Crippen MR) is 114 cm³/mol. The fourth-order valence-corrected chi connectivity index (χ4v) is 4.89. The van der Waals surface area contributed by atoms with Crippen molar-refractivity contribution in [2.75, 3.05) is 13.7 Å². The molecule has 0 aromatic heterocycles. The molecule has 1 N–H and O–H groups in total. The number of carboxylic acid groups (broad SMARTS) is 1. The number of carbonyl (C=O) groups is 3. The van der Waals surface area contributed by atoms with Gasteiger partial charge in [0.25, 0.3) is 5.91 Å². The van der Waals surface area contributed by atoms with Crippen molar-refractivity contribution in [3.8, 4) is 5.75 Å². The van der Waals surface area contributed by atoms with E-state index in [1.54, 1.807) is 32.2 Å². The van der Waals surface area contributed by atoms with Gasteiger partial charge in [-0.05, 0) is 50.0 Å². The summed E-state index contributed by atoms with van der Waals surface area (Å²) in [5.74, 6) is -1.04. The number of amides is 2. The zero-order valence-electron chi connectivity index (χ0n) is 16.2. The number of ether oxygens (including phenoxy) is 1. The zero-order valence-corrected chi connectivity index (χ0v) is 17.8. The highest BCUT2D eigenvalue weighted by Gasteiger charge is 2.42. The molecule has 154 valence electrons. The van der Waals surface area contributed by atoms with E-state index < -0.39 is 18.1 Å². The number of carboxylic acids is 1. The molecule has 9 heteroatoms. The summed E-state index contributed by atoms with van der Waals surface area (Å²) >= 11 is 6.49. The number of hydrogen-bond acceptors (Lipinski definition) is 6. The number of hydrogen-bond donors (Lipinski definition) is 1. The van der Waals surface area contributed by atoms with Crippen molar-refractivity contribution in [1.82, 2.24) is 9.80 Å². The predicted octanol–water partition coefficient (Wildman–Crippen LogP) is 2.75. The van der Waals surface area contributed by atoms with Crippen LogP contribution in [0.4, 0.5) is 0 Å². The minimum Gasteiger partial charge on any atom is -0.497 e. The van der Waals surface area contributed by atoms with Crippen LogP contribution < -0.4 is 4.74 Å². The monoisotopic (exact) mass is 434 g/mol. The van der Waals surface area contributed by atoms with Crippen molar-refractivity contribution in [2.24, 2.45) is 0 Å². The summed E-state index contributed by atoms with van der Waals surface area (Å²) in [6.07, 6.45) is 3.65. The van der Waals surface area contributed by atoms with Gasteiger partial charge in [0.1, 0.15) is 22.2 Å². The quantitative estimate of drug-likeness (QED) is 0.563. The van der Waals surface area contributed by atoms with E-state index in [-0.39, 0.29) is 11.8 Å². The van der Waals surface area contributed by atoms with Crippen LogP contribution >= 0.6 is 24.0 Å². The minimum absolute atomic E-state index is 0.291. The second-order valence-corrected chi connectivity index (χ2v) is 8.56. The average Bonchev–Trinajstić information content (AvgIpc) is 3.00. The number of thiocarbonyl (C=S) groups is 1. The van der Waals surface area contributed by atoms with Crippen molar-refractivity contribution in [2.45, 2.75) is 38.3 Å². The molecular weight excluding hydrogens is 412 g/mol. The van der Waals surface area contributed by atoms with E-state index in [1.807, 2.05) is 12.1 Å². The molecule has 29 heavy (non-hydrogen) atoms. The number of benzene rings is 1. The van der Waals surface area contributed by atoms with Crippen LogP contribution in [-0.2, 0) is 14.4 Å². The van der Waals surface area contributed by atoms with Crippen LogP contribution in [-0.4, -0.2) is 62.7 Å². The van der Waals surface area contributed by atoms with Crippen molar-refractivity contribution in [3.63, 3.8) is 0 Å². The van der Waals surface area contributed by atoms with Crippen LogP contribution in [0.15, 0.2) is 29.2 Å². The van der Waals surface area contributed by atoms with E-state index >= 15 is 0 Å². The van der Waals surface area contributed by atoms with E-state index in [4.69, 9.17) is 17.0 Å². The van der Waals surface area contributed by atoms with Crippen molar-refractivity contribution < 1.29 is 24.2 Å². The maximum absolute atomic E-state index is 13.0. The van der Waals surface area contributed by atoms with Gasteiger partial charge >= 0.3 is 5.97 Å². The molecule has 2 amide bonds. The number of piperidine rings is 1. The molecule has 2 saturated heterocycles. The van der Waals surface area contributed by atoms with Gasteiger partial charge < -0.3 is 14.7 Å². The Labute approximate surface area is 178 Å². The Kier molecular flexibility index (Phi) is 6.59. The lowest BCUT2D eigenvalue weighted by molar-refractivity contribution is -0.154. The third-order valence-corrected chi connectivity index (χ3v) is 6.38. The fraction of sp³-hybridized carbons (Fsp3) is 0.400. The number of rotatable bonds is 5. The SMILES string of the molecule is COc1ccc(C=C2SC(=S)N(C(C)C(=O)N3CCCCC3C(=O)O)C2=O)cc1. The molecule has 0 bridgehead atoms. The molecule has 2 fully saturated rings. The minimum atomic E-state index is -1.02. The lowest BCUT2D eigenvalue weighted by atomic mass is 10.0. The Bertz CT molecular complexity index is 868. The summed E-state index contributed by atoms with van der Waals surface area (Å²) in [6, 6.07) is 5.52. The molecule has 0 radical (unpaired) electrons. The van der Waals surface area contributed by atoms with Crippen molar-refractivity contribution >= 4 is 52.2 Å². The highest BCUT2D eigenvalue weighted by atomic mass is 32.2. The Hall–Kier alpha value is -2.39.